The molecule has 102 valence electrons. The third-order valence-corrected chi connectivity index (χ3v) is 2.87. The fourth-order valence-electron chi connectivity index (χ4n) is 1.72. The number of unbranched alkanes of at least 4 members (excludes halogenated alkanes) is 3. The predicted molar refractivity (Wildman–Crippen MR) is 64.9 cm³/mol. The molecule has 0 atom stereocenters. The van der Waals surface area contributed by atoms with Crippen molar-refractivity contribution in [1.29, 1.82) is 0 Å². The Hall–Kier alpha value is -0.970. The fourth-order valence-corrected chi connectivity index (χ4v) is 1.91. The topological polar surface area (TPSA) is 22.0 Å². The number of halogens is 4. The molecule has 0 aromatic carbocycles. The molecule has 0 aliphatic heterocycles. The van der Waals surface area contributed by atoms with Gasteiger partial charge in [0.1, 0.15) is 5.69 Å². The second kappa shape index (κ2) is 6.83. The van der Waals surface area contributed by atoms with Crippen molar-refractivity contribution in [2.75, 3.05) is 5.88 Å². The number of hydrogen-bond donors (Lipinski definition) is 0. The van der Waals surface area contributed by atoms with E-state index in [4.69, 9.17) is 11.6 Å². The minimum absolute atomic E-state index is 0.0940. The van der Waals surface area contributed by atoms with Gasteiger partial charge in [0.25, 0.3) is 5.56 Å². The van der Waals surface area contributed by atoms with Crippen LogP contribution in [-0.2, 0) is 12.7 Å². The van der Waals surface area contributed by atoms with Gasteiger partial charge in [-0.25, -0.2) is 0 Å². The van der Waals surface area contributed by atoms with Crippen LogP contribution in [0.1, 0.15) is 31.4 Å². The number of alkyl halides is 4. The molecule has 1 aromatic heterocycles. The van der Waals surface area contributed by atoms with Crippen LogP contribution in [0.2, 0.25) is 0 Å². The average Bonchev–Trinajstić information content (AvgIpc) is 2.29. The van der Waals surface area contributed by atoms with E-state index in [0.717, 1.165) is 42.0 Å². The summed E-state index contributed by atoms with van der Waals surface area (Å²) in [5.74, 6) is 0.555. The Balaban J connectivity index is 2.72. The first-order valence-corrected chi connectivity index (χ1v) is 6.33. The van der Waals surface area contributed by atoms with Crippen molar-refractivity contribution in [2.45, 2.75) is 38.4 Å². The Morgan fingerprint density at radius 3 is 2.39 bits per heavy atom. The van der Waals surface area contributed by atoms with Crippen molar-refractivity contribution in [3.63, 3.8) is 0 Å². The van der Waals surface area contributed by atoms with E-state index in [1.807, 2.05) is 0 Å². The van der Waals surface area contributed by atoms with Gasteiger partial charge in [-0.2, -0.15) is 13.2 Å². The zero-order valence-corrected chi connectivity index (χ0v) is 10.6. The first kappa shape index (κ1) is 15.1. The van der Waals surface area contributed by atoms with Crippen LogP contribution < -0.4 is 5.56 Å². The van der Waals surface area contributed by atoms with Crippen LogP contribution >= 0.6 is 11.6 Å². The number of rotatable bonds is 6. The largest absolute Gasteiger partial charge is 0.431 e. The molecule has 6 heteroatoms. The molecular weight excluding hydrogens is 267 g/mol. The van der Waals surface area contributed by atoms with Gasteiger partial charge >= 0.3 is 6.18 Å². The molecule has 0 spiro atoms. The summed E-state index contributed by atoms with van der Waals surface area (Å²) in [6.45, 7) is 0.0940. The molecule has 0 saturated carbocycles. The lowest BCUT2D eigenvalue weighted by Gasteiger charge is -2.14. The minimum Gasteiger partial charge on any atom is -0.304 e. The van der Waals surface area contributed by atoms with Crippen LogP contribution in [0, 0.1) is 0 Å². The van der Waals surface area contributed by atoms with Crippen LogP contribution in [-0.4, -0.2) is 10.4 Å². The van der Waals surface area contributed by atoms with E-state index < -0.39 is 17.4 Å². The minimum atomic E-state index is -4.49. The molecule has 0 amide bonds. The number of hydrogen-bond acceptors (Lipinski definition) is 1. The Morgan fingerprint density at radius 2 is 1.78 bits per heavy atom. The van der Waals surface area contributed by atoms with Crippen molar-refractivity contribution in [3.05, 3.63) is 34.2 Å². The summed E-state index contributed by atoms with van der Waals surface area (Å²) < 4.78 is 38.8. The molecule has 1 heterocycles. The molecule has 1 aromatic rings. The zero-order chi connectivity index (χ0) is 13.6. The maximum Gasteiger partial charge on any atom is 0.431 e. The highest BCUT2D eigenvalue weighted by molar-refractivity contribution is 6.17. The third-order valence-electron chi connectivity index (χ3n) is 2.61. The predicted octanol–water partition coefficient (Wildman–Crippen LogP) is 3.67. The molecule has 2 nitrogen and oxygen atoms in total. The van der Waals surface area contributed by atoms with Gasteiger partial charge < -0.3 is 4.57 Å². The molecule has 1 rings (SSSR count). The highest BCUT2D eigenvalue weighted by Gasteiger charge is 2.33. The fraction of sp³-hybridized carbons (Fsp3) is 0.583. The Labute approximate surface area is 108 Å². The summed E-state index contributed by atoms with van der Waals surface area (Å²) >= 11 is 5.50. The van der Waals surface area contributed by atoms with E-state index in [-0.39, 0.29) is 6.54 Å². The van der Waals surface area contributed by atoms with E-state index in [2.05, 4.69) is 0 Å². The molecular formula is C12H15ClF3NO. The van der Waals surface area contributed by atoms with Gasteiger partial charge in [-0.3, -0.25) is 4.79 Å². The summed E-state index contributed by atoms with van der Waals surface area (Å²) in [5, 5.41) is 0. The van der Waals surface area contributed by atoms with Gasteiger partial charge in [0.15, 0.2) is 0 Å². The monoisotopic (exact) mass is 281 g/mol. The summed E-state index contributed by atoms with van der Waals surface area (Å²) in [5.41, 5.74) is -1.49. The normalized spacial score (nSPS) is 11.8. The van der Waals surface area contributed by atoms with Crippen LogP contribution in [0.3, 0.4) is 0 Å². The molecule has 0 fully saturated rings. The third kappa shape index (κ3) is 4.37. The van der Waals surface area contributed by atoms with Crippen molar-refractivity contribution >= 4 is 11.6 Å². The van der Waals surface area contributed by atoms with Crippen LogP contribution in [0.15, 0.2) is 23.0 Å². The van der Waals surface area contributed by atoms with Gasteiger partial charge in [0, 0.05) is 18.5 Å². The maximum absolute atomic E-state index is 12.7. The Kier molecular flexibility index (Phi) is 5.72. The summed E-state index contributed by atoms with van der Waals surface area (Å²) in [4.78, 5) is 11.4. The van der Waals surface area contributed by atoms with Crippen LogP contribution in [0.4, 0.5) is 13.2 Å². The lowest BCUT2D eigenvalue weighted by molar-refractivity contribution is -0.144. The van der Waals surface area contributed by atoms with E-state index in [9.17, 15) is 18.0 Å². The second-order valence-corrected chi connectivity index (χ2v) is 4.38. The first-order chi connectivity index (χ1) is 8.46. The molecule has 0 aliphatic carbocycles. The second-order valence-electron chi connectivity index (χ2n) is 4.00. The average molecular weight is 282 g/mol. The van der Waals surface area contributed by atoms with Gasteiger partial charge in [-0.1, -0.05) is 18.9 Å². The number of pyridine rings is 1. The molecule has 0 radical (unpaired) electrons. The maximum atomic E-state index is 12.7. The van der Waals surface area contributed by atoms with Crippen LogP contribution in [0.25, 0.3) is 0 Å². The summed E-state index contributed by atoms with van der Waals surface area (Å²) in [7, 11) is 0. The van der Waals surface area contributed by atoms with E-state index >= 15 is 0 Å². The van der Waals surface area contributed by atoms with Gasteiger partial charge in [0.2, 0.25) is 0 Å². The van der Waals surface area contributed by atoms with Crippen molar-refractivity contribution in [1.82, 2.24) is 4.57 Å². The molecule has 0 aliphatic rings. The molecule has 0 saturated heterocycles. The smallest absolute Gasteiger partial charge is 0.304 e. The van der Waals surface area contributed by atoms with Gasteiger partial charge in [0.05, 0.1) is 0 Å². The zero-order valence-electron chi connectivity index (χ0n) is 9.84. The quantitative estimate of drug-likeness (QED) is 0.576. The first-order valence-electron chi connectivity index (χ1n) is 5.80. The standard InChI is InChI=1S/C12H15ClF3NO/c13-8-3-1-2-4-9-17-10(12(14,15)16)6-5-7-11(17)18/h5-7H,1-4,8-9H2. The molecule has 18 heavy (non-hydrogen) atoms. The lowest BCUT2D eigenvalue weighted by atomic mass is 10.2. The highest BCUT2D eigenvalue weighted by Crippen LogP contribution is 2.28. The van der Waals surface area contributed by atoms with E-state index in [1.165, 1.54) is 0 Å². The number of nitrogens with zero attached hydrogens (tertiary/aromatic N) is 1. The highest BCUT2D eigenvalue weighted by atomic mass is 35.5. The van der Waals surface area contributed by atoms with Crippen molar-refractivity contribution in [2.24, 2.45) is 0 Å². The Morgan fingerprint density at radius 1 is 1.11 bits per heavy atom. The molecule has 0 unspecified atom stereocenters. The summed E-state index contributed by atoms with van der Waals surface area (Å²) in [6, 6.07) is 3.21. The van der Waals surface area contributed by atoms with Crippen molar-refractivity contribution < 1.29 is 13.2 Å². The summed E-state index contributed by atoms with van der Waals surface area (Å²) in [6.07, 6.45) is -1.46. The number of aromatic nitrogens is 1. The molecule has 0 bridgehead atoms. The van der Waals surface area contributed by atoms with E-state index in [0.29, 0.717) is 12.3 Å². The van der Waals surface area contributed by atoms with Gasteiger partial charge in [-0.15, -0.1) is 11.6 Å². The van der Waals surface area contributed by atoms with Crippen LogP contribution in [0.5, 0.6) is 0 Å². The van der Waals surface area contributed by atoms with Crippen molar-refractivity contribution in [3.8, 4) is 0 Å². The lowest BCUT2D eigenvalue weighted by Crippen LogP contribution is -2.27. The van der Waals surface area contributed by atoms with E-state index in [1.54, 1.807) is 0 Å². The van der Waals surface area contributed by atoms with Gasteiger partial charge in [-0.05, 0) is 18.9 Å². The Bertz CT molecular complexity index is 428. The SMILES string of the molecule is O=c1cccc(C(F)(F)F)n1CCCCCCCl. The molecule has 0 N–H and O–H groups in total.